The van der Waals surface area contributed by atoms with E-state index >= 15 is 0 Å². The lowest BCUT2D eigenvalue weighted by molar-refractivity contribution is -0.128. The highest BCUT2D eigenvalue weighted by Gasteiger charge is 2.32. The van der Waals surface area contributed by atoms with Gasteiger partial charge in [0.2, 0.25) is 5.91 Å². The summed E-state index contributed by atoms with van der Waals surface area (Å²) < 4.78 is 4.96. The molecule has 0 aromatic heterocycles. The van der Waals surface area contributed by atoms with Crippen LogP contribution in [0, 0.1) is 0 Å². The molecular weight excluding hydrogens is 507 g/mol. The zero-order valence-corrected chi connectivity index (χ0v) is 21.1. The van der Waals surface area contributed by atoms with Crippen molar-refractivity contribution in [3.05, 3.63) is 99.0 Å². The molecular formula is C26H22Cl2N2O4S. The highest BCUT2D eigenvalue weighted by Crippen LogP contribution is 2.39. The first kappa shape index (κ1) is 25.1. The van der Waals surface area contributed by atoms with Crippen LogP contribution < -0.4 is 5.32 Å². The SMILES string of the molecule is CCOC(=O)c1ccc(NC(=O)c2ccc([C@H]3SCC(=O)N3Cc3ccc(Cl)cc3)cc2)c(Cl)c1. The summed E-state index contributed by atoms with van der Waals surface area (Å²) in [7, 11) is 0. The zero-order valence-electron chi connectivity index (χ0n) is 18.8. The molecule has 1 aliphatic rings. The van der Waals surface area contributed by atoms with Gasteiger partial charge in [0.05, 0.1) is 28.6 Å². The molecule has 2 amide bonds. The minimum Gasteiger partial charge on any atom is -0.462 e. The Balaban J connectivity index is 1.44. The molecule has 1 atom stereocenters. The largest absolute Gasteiger partial charge is 0.462 e. The first-order valence-electron chi connectivity index (χ1n) is 10.9. The van der Waals surface area contributed by atoms with Gasteiger partial charge >= 0.3 is 5.97 Å². The van der Waals surface area contributed by atoms with Gasteiger partial charge in [-0.05, 0) is 60.5 Å². The minimum atomic E-state index is -0.476. The number of ether oxygens (including phenoxy) is 1. The molecule has 6 nitrogen and oxygen atoms in total. The van der Waals surface area contributed by atoms with Crippen molar-refractivity contribution in [2.45, 2.75) is 18.8 Å². The maximum Gasteiger partial charge on any atom is 0.338 e. The van der Waals surface area contributed by atoms with E-state index in [1.165, 1.54) is 6.07 Å². The molecule has 35 heavy (non-hydrogen) atoms. The van der Waals surface area contributed by atoms with Gasteiger partial charge in [0, 0.05) is 17.1 Å². The van der Waals surface area contributed by atoms with E-state index in [1.807, 2.05) is 41.3 Å². The average Bonchev–Trinajstić information content (AvgIpc) is 3.21. The summed E-state index contributed by atoms with van der Waals surface area (Å²) in [6.45, 7) is 2.47. The van der Waals surface area contributed by atoms with Crippen molar-refractivity contribution in [1.82, 2.24) is 4.90 Å². The number of carbonyl (C=O) groups excluding carboxylic acids is 3. The number of nitrogens with zero attached hydrogens (tertiary/aromatic N) is 1. The number of hydrogen-bond acceptors (Lipinski definition) is 5. The zero-order chi connectivity index (χ0) is 24.9. The third kappa shape index (κ3) is 5.99. The minimum absolute atomic E-state index is 0.0673. The normalized spacial score (nSPS) is 15.2. The fourth-order valence-electron chi connectivity index (χ4n) is 3.64. The van der Waals surface area contributed by atoms with Crippen LogP contribution in [0.3, 0.4) is 0 Å². The van der Waals surface area contributed by atoms with E-state index in [1.54, 1.807) is 43.0 Å². The van der Waals surface area contributed by atoms with Gasteiger partial charge in [-0.3, -0.25) is 9.59 Å². The first-order valence-corrected chi connectivity index (χ1v) is 12.7. The van der Waals surface area contributed by atoms with Crippen molar-refractivity contribution >= 4 is 58.4 Å². The molecule has 1 N–H and O–H groups in total. The Bertz CT molecular complexity index is 1250. The second-order valence-corrected chi connectivity index (χ2v) is 9.71. The number of carbonyl (C=O) groups is 3. The van der Waals surface area contributed by atoms with Gasteiger partial charge in [0.15, 0.2) is 0 Å². The van der Waals surface area contributed by atoms with Crippen LogP contribution >= 0.6 is 35.0 Å². The summed E-state index contributed by atoms with van der Waals surface area (Å²) in [5, 5.41) is 3.51. The van der Waals surface area contributed by atoms with Gasteiger partial charge in [-0.2, -0.15) is 0 Å². The van der Waals surface area contributed by atoms with Crippen LogP contribution in [-0.2, 0) is 16.1 Å². The molecule has 9 heteroatoms. The van der Waals surface area contributed by atoms with Gasteiger partial charge in [0.1, 0.15) is 5.37 Å². The van der Waals surface area contributed by atoms with Crippen LogP contribution in [-0.4, -0.2) is 35.0 Å². The second-order valence-electron chi connectivity index (χ2n) is 7.80. The number of benzene rings is 3. The molecule has 3 aromatic rings. The number of anilines is 1. The summed E-state index contributed by atoms with van der Waals surface area (Å²) in [5.74, 6) is -0.342. The van der Waals surface area contributed by atoms with Gasteiger partial charge in [-0.1, -0.05) is 47.5 Å². The van der Waals surface area contributed by atoms with Crippen LogP contribution in [0.5, 0.6) is 0 Å². The van der Waals surface area contributed by atoms with E-state index in [-0.39, 0.29) is 28.8 Å². The number of esters is 1. The molecule has 3 aromatic carbocycles. The molecule has 1 fully saturated rings. The van der Waals surface area contributed by atoms with Crippen LogP contribution in [0.25, 0.3) is 0 Å². The lowest BCUT2D eigenvalue weighted by Crippen LogP contribution is -2.27. The van der Waals surface area contributed by atoms with Crippen LogP contribution in [0.2, 0.25) is 10.0 Å². The molecule has 180 valence electrons. The highest BCUT2D eigenvalue weighted by atomic mass is 35.5. The van der Waals surface area contributed by atoms with Gasteiger partial charge in [0.25, 0.3) is 5.91 Å². The lowest BCUT2D eigenvalue weighted by Gasteiger charge is -2.24. The van der Waals surface area contributed by atoms with Crippen LogP contribution in [0.4, 0.5) is 5.69 Å². The predicted octanol–water partition coefficient (Wildman–Crippen LogP) is 6.20. The van der Waals surface area contributed by atoms with Gasteiger partial charge < -0.3 is 15.0 Å². The van der Waals surface area contributed by atoms with Crippen LogP contribution in [0.15, 0.2) is 66.7 Å². The molecule has 1 aliphatic heterocycles. The number of amides is 2. The fraction of sp³-hybridized carbons (Fsp3) is 0.192. The Morgan fingerprint density at radius 3 is 2.37 bits per heavy atom. The summed E-state index contributed by atoms with van der Waals surface area (Å²) in [6.07, 6.45) is 0. The Hall–Kier alpha value is -3.00. The number of thioether (sulfide) groups is 1. The number of rotatable bonds is 7. The van der Waals surface area contributed by atoms with Crippen molar-refractivity contribution in [2.75, 3.05) is 17.7 Å². The summed E-state index contributed by atoms with van der Waals surface area (Å²) in [5.41, 5.74) is 3.07. The number of nitrogens with one attached hydrogen (secondary N) is 1. The van der Waals surface area contributed by atoms with E-state index in [0.29, 0.717) is 34.1 Å². The van der Waals surface area contributed by atoms with E-state index < -0.39 is 5.97 Å². The average molecular weight is 529 g/mol. The van der Waals surface area contributed by atoms with E-state index in [2.05, 4.69) is 5.32 Å². The Morgan fingerprint density at radius 1 is 1.03 bits per heavy atom. The molecule has 0 bridgehead atoms. The van der Waals surface area contributed by atoms with Crippen LogP contribution in [0.1, 0.15) is 44.1 Å². The summed E-state index contributed by atoms with van der Waals surface area (Å²) in [4.78, 5) is 39.0. The van der Waals surface area contributed by atoms with E-state index in [4.69, 9.17) is 27.9 Å². The Kier molecular flexibility index (Phi) is 8.00. The predicted molar refractivity (Wildman–Crippen MR) is 139 cm³/mol. The summed E-state index contributed by atoms with van der Waals surface area (Å²) >= 11 is 13.8. The van der Waals surface area contributed by atoms with Crippen molar-refractivity contribution in [3.8, 4) is 0 Å². The number of halogens is 2. The maximum atomic E-state index is 12.8. The van der Waals surface area contributed by atoms with Crippen molar-refractivity contribution < 1.29 is 19.1 Å². The third-order valence-electron chi connectivity index (χ3n) is 5.42. The second kappa shape index (κ2) is 11.2. The molecule has 0 radical (unpaired) electrons. The standard InChI is InChI=1S/C26H22Cl2N2O4S/c1-2-34-26(33)19-9-12-22(21(28)13-19)29-24(32)17-5-7-18(8-6-17)25-30(23(31)15-35-25)14-16-3-10-20(27)11-4-16/h3-13,25H,2,14-15H2,1H3,(H,29,32)/t25-/m1/s1. The van der Waals surface area contributed by atoms with E-state index in [0.717, 1.165) is 11.1 Å². The monoisotopic (exact) mass is 528 g/mol. The van der Waals surface area contributed by atoms with Gasteiger partial charge in [-0.25, -0.2) is 4.79 Å². The third-order valence-corrected chi connectivity index (χ3v) is 7.24. The van der Waals surface area contributed by atoms with Crippen molar-refractivity contribution in [2.24, 2.45) is 0 Å². The van der Waals surface area contributed by atoms with Gasteiger partial charge in [-0.15, -0.1) is 11.8 Å². The molecule has 0 unspecified atom stereocenters. The smallest absolute Gasteiger partial charge is 0.338 e. The Morgan fingerprint density at radius 2 is 1.71 bits per heavy atom. The Labute approximate surface area is 217 Å². The summed E-state index contributed by atoms with van der Waals surface area (Å²) in [6, 6.07) is 19.2. The van der Waals surface area contributed by atoms with Crippen molar-refractivity contribution in [1.29, 1.82) is 0 Å². The lowest BCUT2D eigenvalue weighted by atomic mass is 10.1. The highest BCUT2D eigenvalue weighted by molar-refractivity contribution is 8.00. The molecule has 1 heterocycles. The van der Waals surface area contributed by atoms with E-state index in [9.17, 15) is 14.4 Å². The molecule has 0 saturated carbocycles. The molecule has 0 spiro atoms. The molecule has 0 aliphatic carbocycles. The molecule has 4 rings (SSSR count). The van der Waals surface area contributed by atoms with Crippen molar-refractivity contribution in [3.63, 3.8) is 0 Å². The molecule has 1 saturated heterocycles. The number of hydrogen-bond donors (Lipinski definition) is 1. The quantitative estimate of drug-likeness (QED) is 0.369. The first-order chi connectivity index (χ1) is 16.9. The fourth-order valence-corrected chi connectivity index (χ4v) is 5.18. The topological polar surface area (TPSA) is 75.7 Å². The maximum absolute atomic E-state index is 12.8.